The summed E-state index contributed by atoms with van der Waals surface area (Å²) < 4.78 is 101. The van der Waals surface area contributed by atoms with Gasteiger partial charge in [0.25, 0.3) is 0 Å². The number of aromatic nitrogens is 1. The topological polar surface area (TPSA) is 347 Å². The molecular weight excluding hydrogens is 1660 g/mol. The van der Waals surface area contributed by atoms with Crippen molar-refractivity contribution >= 4 is 87.7 Å². The first-order valence-corrected chi connectivity index (χ1v) is 43.0. The number of aliphatic hydroxyl groups excluding tert-OH is 1. The quantitative estimate of drug-likeness (QED) is 0.00467. The molecule has 1 aliphatic carbocycles. The fraction of sp³-hybridized carbons (Fsp3) is 0.479. The second kappa shape index (κ2) is 45.2. The smallest absolute Gasteiger partial charge is 0.424 e. The molecule has 0 saturated carbocycles. The SMILES string of the molecule is CC[C@H](C)[C@@H]([C@@H](CC(=O)N1CCC[C@H]1[C@H](OC)[C@@H](C)C(=O)N[C@H](C)[C@@H](O)c1ccccc1)OC)N(C)C(=O)[C@@H](NC(=O)[C@H](C(C)C)N(C)C(=O)OCc1ccc(NC(=O)[C@H](C)NC(=O)[C@@H](NC(=O)CCC(=O)Nc2ccc3c(c2)cc(CN(C)N(C)C(=O)OCC2c4ccccc4-c4ccccc42)n3CCC(=O)Oc2c(F)c(F)c(F)c(F)c2F)C(C)C)cc1)C(C)C. The molecule has 12 atom stereocenters. The van der Waals surface area contributed by atoms with Crippen molar-refractivity contribution in [3.05, 3.63) is 184 Å². The molecule has 128 heavy (non-hydrogen) atoms. The number of ether oxygens (including phenoxy) is 5. The van der Waals surface area contributed by atoms with Crippen LogP contribution in [0.3, 0.4) is 0 Å². The lowest BCUT2D eigenvalue weighted by Gasteiger charge is -2.41. The molecule has 692 valence electrons. The Morgan fingerprint density at radius 1 is 0.578 bits per heavy atom. The normalized spacial score (nSPS) is 15.7. The van der Waals surface area contributed by atoms with Crippen molar-refractivity contribution in [3.63, 3.8) is 0 Å². The van der Waals surface area contributed by atoms with Crippen molar-refractivity contribution in [2.75, 3.05) is 66.2 Å². The average molecular weight is 1780 g/mol. The third-order valence-corrected chi connectivity index (χ3v) is 24.0. The summed E-state index contributed by atoms with van der Waals surface area (Å²) in [5.74, 6) is -21.7. The second-order valence-electron chi connectivity index (χ2n) is 33.9. The van der Waals surface area contributed by atoms with Gasteiger partial charge >= 0.3 is 18.2 Å². The van der Waals surface area contributed by atoms with E-state index in [0.29, 0.717) is 59.2 Å². The van der Waals surface area contributed by atoms with E-state index in [4.69, 9.17) is 23.7 Å². The van der Waals surface area contributed by atoms with Crippen LogP contribution >= 0.6 is 0 Å². The van der Waals surface area contributed by atoms with Gasteiger partial charge in [0.2, 0.25) is 82.1 Å². The number of fused-ring (bicyclic) bond motifs is 4. The maximum atomic E-state index is 14.9. The van der Waals surface area contributed by atoms with Gasteiger partial charge in [-0.3, -0.25) is 48.1 Å². The van der Waals surface area contributed by atoms with E-state index in [-0.39, 0.29) is 74.9 Å². The van der Waals surface area contributed by atoms with Gasteiger partial charge in [0.1, 0.15) is 37.4 Å². The van der Waals surface area contributed by atoms with E-state index in [1.54, 1.807) is 134 Å². The number of carbonyl (C=O) groups excluding carboxylic acids is 11. The summed E-state index contributed by atoms with van der Waals surface area (Å²) in [5.41, 5.74) is 6.63. The number of nitrogens with zero attached hydrogens (tertiary/aromatic N) is 6. The molecule has 2 aliphatic rings. The first kappa shape index (κ1) is 99.9. The van der Waals surface area contributed by atoms with Gasteiger partial charge in [0, 0.05) is 102 Å². The zero-order valence-electron chi connectivity index (χ0n) is 75.4. The summed E-state index contributed by atoms with van der Waals surface area (Å²) in [6.07, 6.45) is -3.69. The van der Waals surface area contributed by atoms with Crippen LogP contribution in [-0.2, 0) is 81.8 Å². The Balaban J connectivity index is 0.744. The van der Waals surface area contributed by atoms with Gasteiger partial charge in [-0.2, -0.15) is 8.78 Å². The lowest BCUT2D eigenvalue weighted by atomic mass is 9.89. The van der Waals surface area contributed by atoms with Gasteiger partial charge in [0.05, 0.1) is 61.7 Å². The molecule has 1 aromatic heterocycles. The monoisotopic (exact) mass is 1780 g/mol. The predicted octanol–water partition coefficient (Wildman–Crippen LogP) is 12.5. The van der Waals surface area contributed by atoms with Gasteiger partial charge in [-0.15, -0.1) is 0 Å². The van der Waals surface area contributed by atoms with Crippen LogP contribution in [0.1, 0.15) is 161 Å². The molecule has 1 fully saturated rings. The lowest BCUT2D eigenvalue weighted by Crippen LogP contribution is -2.60. The van der Waals surface area contributed by atoms with Gasteiger partial charge in [-0.25, -0.2) is 32.8 Å². The fourth-order valence-corrected chi connectivity index (χ4v) is 16.5. The minimum Gasteiger partial charge on any atom is -0.447 e. The van der Waals surface area contributed by atoms with Gasteiger partial charge in [0.15, 0.2) is 0 Å². The van der Waals surface area contributed by atoms with Crippen LogP contribution in [0.2, 0.25) is 0 Å². The highest BCUT2D eigenvalue weighted by atomic mass is 19.2. The minimum absolute atomic E-state index is 0.0105. The number of benzene rings is 6. The summed E-state index contributed by atoms with van der Waals surface area (Å²) in [6, 6.07) is 31.0. The number of anilines is 2. The lowest BCUT2D eigenvalue weighted by molar-refractivity contribution is -0.148. The zero-order valence-corrected chi connectivity index (χ0v) is 75.4. The zero-order chi connectivity index (χ0) is 94.0. The number of aliphatic hydroxyl groups is 1. The Bertz CT molecular complexity index is 5040. The maximum Gasteiger partial charge on any atom is 0.424 e. The Kier molecular flexibility index (Phi) is 35.3. The van der Waals surface area contributed by atoms with Crippen molar-refractivity contribution < 1.29 is 103 Å². The number of hydrogen-bond donors (Lipinski definition) is 7. The molecule has 0 unspecified atom stereocenters. The molecule has 34 heteroatoms. The molecular formula is C94H119F5N12O17. The summed E-state index contributed by atoms with van der Waals surface area (Å²) in [5, 5.41) is 30.8. The predicted molar refractivity (Wildman–Crippen MR) is 469 cm³/mol. The number of aryl methyl sites for hydroxylation is 1. The average Bonchev–Trinajstić information content (AvgIpc) is 1.61. The van der Waals surface area contributed by atoms with Crippen LogP contribution in [0.25, 0.3) is 22.0 Å². The Morgan fingerprint density at radius 2 is 1.17 bits per heavy atom. The highest BCUT2D eigenvalue weighted by Gasteiger charge is 2.45. The van der Waals surface area contributed by atoms with Gasteiger partial charge < -0.3 is 75.1 Å². The van der Waals surface area contributed by atoms with Crippen molar-refractivity contribution in [1.29, 1.82) is 0 Å². The summed E-state index contributed by atoms with van der Waals surface area (Å²) in [4.78, 5) is 157. The van der Waals surface area contributed by atoms with E-state index in [1.165, 1.54) is 56.2 Å². The van der Waals surface area contributed by atoms with Crippen LogP contribution in [0.15, 0.2) is 127 Å². The number of nitrogens with one attached hydrogen (secondary N) is 6. The van der Waals surface area contributed by atoms with E-state index in [9.17, 15) is 79.8 Å². The number of carbonyl (C=O) groups is 11. The highest BCUT2D eigenvalue weighted by Crippen LogP contribution is 2.45. The van der Waals surface area contributed by atoms with E-state index in [1.807, 2.05) is 80.6 Å². The largest absolute Gasteiger partial charge is 0.447 e. The summed E-state index contributed by atoms with van der Waals surface area (Å²) >= 11 is 0. The molecule has 9 rings (SSSR count). The Hall–Kier alpha value is -11.9. The van der Waals surface area contributed by atoms with Crippen molar-refractivity contribution in [2.24, 2.45) is 29.6 Å². The molecule has 0 radical (unpaired) electrons. The first-order valence-electron chi connectivity index (χ1n) is 43.0. The molecule has 1 aliphatic heterocycles. The number of halogens is 5. The minimum atomic E-state index is -2.44. The van der Waals surface area contributed by atoms with Crippen molar-refractivity contribution in [2.45, 2.75) is 207 Å². The van der Waals surface area contributed by atoms with Gasteiger partial charge in [-0.1, -0.05) is 160 Å². The van der Waals surface area contributed by atoms with E-state index in [0.717, 1.165) is 27.2 Å². The molecule has 7 N–H and O–H groups in total. The number of rotatable bonds is 41. The van der Waals surface area contributed by atoms with Crippen LogP contribution < -0.4 is 36.6 Å². The van der Waals surface area contributed by atoms with Crippen LogP contribution in [0.5, 0.6) is 5.75 Å². The van der Waals surface area contributed by atoms with Crippen LogP contribution in [0.4, 0.5) is 42.9 Å². The Labute approximate surface area is 742 Å². The number of methoxy groups -OCH3 is 2. The summed E-state index contributed by atoms with van der Waals surface area (Å²) in [6.45, 7) is 19.1. The third-order valence-electron chi connectivity index (χ3n) is 24.0. The molecule has 29 nitrogen and oxygen atoms in total. The van der Waals surface area contributed by atoms with Gasteiger partial charge in [-0.05, 0) is 120 Å². The Morgan fingerprint density at radius 3 is 1.77 bits per heavy atom. The number of esters is 1. The number of amides is 10. The number of hydrogen-bond acceptors (Lipinski definition) is 18. The molecule has 10 amide bonds. The molecule has 0 spiro atoms. The highest BCUT2D eigenvalue weighted by molar-refractivity contribution is 6.00. The third kappa shape index (κ3) is 24.3. The number of hydrazine groups is 1. The standard InChI is InChI=1S/C94H119F5N12O17/c1-18-54(8)84(71(124-16)47-74(114)111-43-26-33-70(111)86(125-17)55(9)88(117)100-56(10)85(116)59-27-20-19-21-28-59)107(13)92(121)82(52(4)5)105-91(120)83(53(6)7)108(14)93(122)126-49-58-34-36-61(37-35-58)103-89(118)57(11)101-90(119)81(51(2)3)104-73(113)41-40-72(112)102-62-38-39-69-60(45-62)46-63(110(69)44-42-75(115)128-87-79(98)77(96)76(95)78(97)80(87)99)48-106(12)109(15)94(123)127-50-68-66-31-24-22-29-64(66)65-30-23-25-32-67(65)68/h19-25,27-32,34-39,45-46,51-57,68,70-71,81-86,116H,18,26,33,40-44,47-50H2,1-17H3,(H,100,117)(H,101,119)(H,102,112)(H,103,118)(H,104,113)(H,105,120)/t54-,55+,56+,57-,70-,71+,81-,82-,83-,84-,85+,86+/m0/s1. The van der Waals surface area contributed by atoms with E-state index in [2.05, 4.69) is 31.9 Å². The molecule has 2 heterocycles. The number of likely N-dealkylation sites (tertiary alicyclic amines) is 1. The fourth-order valence-electron chi connectivity index (χ4n) is 16.5. The van der Waals surface area contributed by atoms with Crippen LogP contribution in [-0.4, -0.2) is 210 Å². The van der Waals surface area contributed by atoms with Crippen molar-refractivity contribution in [1.82, 2.24) is 50.6 Å². The number of likely N-dealkylation sites (N-methyl/N-ethyl adjacent to an activating group) is 2. The van der Waals surface area contributed by atoms with Crippen molar-refractivity contribution in [3.8, 4) is 16.9 Å². The molecule has 6 aromatic carbocycles. The molecule has 0 bridgehead atoms. The summed E-state index contributed by atoms with van der Waals surface area (Å²) in [7, 11) is 9.09. The van der Waals surface area contributed by atoms with E-state index < -0.39 is 179 Å². The second-order valence-corrected chi connectivity index (χ2v) is 33.9. The molecule has 7 aromatic rings. The first-order chi connectivity index (χ1) is 60.7. The van der Waals surface area contributed by atoms with Crippen LogP contribution in [0, 0.1) is 58.7 Å². The molecule has 1 saturated heterocycles. The van der Waals surface area contributed by atoms with E-state index >= 15 is 0 Å². The maximum absolute atomic E-state index is 14.9.